The highest BCUT2D eigenvalue weighted by molar-refractivity contribution is 5.26. The molecule has 0 radical (unpaired) electrons. The normalized spacial score (nSPS) is 45.2. The zero-order chi connectivity index (χ0) is 10.8. The summed E-state index contributed by atoms with van der Waals surface area (Å²) in [5.41, 5.74) is 3.20. The summed E-state index contributed by atoms with van der Waals surface area (Å²) in [6.07, 6.45) is 10.7. The van der Waals surface area contributed by atoms with Crippen LogP contribution < -0.4 is 0 Å². The highest BCUT2D eigenvalue weighted by Crippen LogP contribution is 2.60. The predicted molar refractivity (Wildman–Crippen MR) is 63.2 cm³/mol. The lowest BCUT2D eigenvalue weighted by atomic mass is 9.48. The molecule has 0 spiro atoms. The lowest BCUT2D eigenvalue weighted by molar-refractivity contribution is -0.00731. The average molecular weight is 216 g/mol. The third-order valence-electron chi connectivity index (χ3n) is 5.37. The summed E-state index contributed by atoms with van der Waals surface area (Å²) >= 11 is 0. The van der Waals surface area contributed by atoms with E-state index in [2.05, 4.69) is 16.9 Å². The van der Waals surface area contributed by atoms with Gasteiger partial charge in [-0.05, 0) is 63.2 Å². The molecule has 0 aliphatic heterocycles. The molecule has 2 nitrogen and oxygen atoms in total. The van der Waals surface area contributed by atoms with E-state index in [0.717, 1.165) is 17.8 Å². The molecule has 5 rings (SSSR count). The summed E-state index contributed by atoms with van der Waals surface area (Å²) in [4.78, 5) is 7.93. The molecule has 0 unspecified atom stereocenters. The third kappa shape index (κ3) is 1.11. The molecular formula is C14H20N2. The van der Waals surface area contributed by atoms with Crippen LogP contribution in [0.4, 0.5) is 0 Å². The van der Waals surface area contributed by atoms with E-state index in [0.29, 0.717) is 5.41 Å². The van der Waals surface area contributed by atoms with E-state index >= 15 is 0 Å². The molecule has 16 heavy (non-hydrogen) atoms. The van der Waals surface area contributed by atoms with Gasteiger partial charge in [0.1, 0.15) is 0 Å². The van der Waals surface area contributed by atoms with Crippen LogP contribution in [0.25, 0.3) is 0 Å². The first-order valence-electron chi connectivity index (χ1n) is 6.76. The standard InChI is InChI=1S/C14H20N2/c1-9-13(16-8-15-9)14-5-10-2-11(6-14)4-12(3-10)7-14/h8,10-12H,2-7H2,1H3,(H,15,16). The van der Waals surface area contributed by atoms with Gasteiger partial charge in [-0.2, -0.15) is 0 Å². The Kier molecular flexibility index (Phi) is 1.68. The number of hydrogen-bond donors (Lipinski definition) is 1. The Bertz CT molecular complexity index is 383. The molecule has 4 fully saturated rings. The van der Waals surface area contributed by atoms with E-state index in [1.807, 2.05) is 6.33 Å². The number of imidazole rings is 1. The van der Waals surface area contributed by atoms with Crippen molar-refractivity contribution in [3.8, 4) is 0 Å². The van der Waals surface area contributed by atoms with Crippen LogP contribution in [0.5, 0.6) is 0 Å². The van der Waals surface area contributed by atoms with Gasteiger partial charge in [0.25, 0.3) is 0 Å². The van der Waals surface area contributed by atoms with Gasteiger partial charge in [0.2, 0.25) is 0 Å². The zero-order valence-electron chi connectivity index (χ0n) is 10.00. The second kappa shape index (κ2) is 2.91. The summed E-state index contributed by atoms with van der Waals surface area (Å²) in [5, 5.41) is 0. The molecule has 4 aliphatic rings. The second-order valence-corrected chi connectivity index (χ2v) is 6.57. The Labute approximate surface area is 96.9 Å². The van der Waals surface area contributed by atoms with E-state index < -0.39 is 0 Å². The molecule has 1 heterocycles. The van der Waals surface area contributed by atoms with Crippen LogP contribution in [0.1, 0.15) is 49.9 Å². The molecule has 4 bridgehead atoms. The summed E-state index contributed by atoms with van der Waals surface area (Å²) in [6.45, 7) is 2.20. The zero-order valence-corrected chi connectivity index (χ0v) is 10.00. The van der Waals surface area contributed by atoms with Crippen LogP contribution in [0, 0.1) is 24.7 Å². The lowest BCUT2D eigenvalue weighted by Crippen LogP contribution is -2.49. The summed E-state index contributed by atoms with van der Waals surface area (Å²) in [6, 6.07) is 0. The minimum atomic E-state index is 0.471. The highest BCUT2D eigenvalue weighted by Gasteiger charge is 2.52. The van der Waals surface area contributed by atoms with Crippen molar-refractivity contribution in [1.29, 1.82) is 0 Å². The van der Waals surface area contributed by atoms with Gasteiger partial charge in [0.05, 0.1) is 12.0 Å². The highest BCUT2D eigenvalue weighted by atomic mass is 14.9. The minimum absolute atomic E-state index is 0.471. The maximum Gasteiger partial charge on any atom is 0.0925 e. The maximum atomic E-state index is 4.65. The molecule has 0 aromatic carbocycles. The number of rotatable bonds is 1. The number of nitrogens with zero attached hydrogens (tertiary/aromatic N) is 1. The van der Waals surface area contributed by atoms with Crippen LogP contribution in [0.15, 0.2) is 6.33 Å². The molecule has 1 aromatic heterocycles. The van der Waals surface area contributed by atoms with E-state index in [9.17, 15) is 0 Å². The van der Waals surface area contributed by atoms with Gasteiger partial charge in [0.15, 0.2) is 0 Å². The Hall–Kier alpha value is -0.790. The van der Waals surface area contributed by atoms with Crippen molar-refractivity contribution in [1.82, 2.24) is 9.97 Å². The predicted octanol–water partition coefficient (Wildman–Crippen LogP) is 3.19. The van der Waals surface area contributed by atoms with Crippen molar-refractivity contribution >= 4 is 0 Å². The fourth-order valence-electron chi connectivity index (χ4n) is 5.29. The fourth-order valence-corrected chi connectivity index (χ4v) is 5.29. The number of H-pyrrole nitrogens is 1. The Morgan fingerprint density at radius 3 is 2.12 bits per heavy atom. The first-order valence-corrected chi connectivity index (χ1v) is 6.76. The maximum absolute atomic E-state index is 4.65. The average Bonchev–Trinajstić information content (AvgIpc) is 2.62. The SMILES string of the molecule is Cc1[nH]cnc1C12CC3CC(CC(C3)C1)C2. The van der Waals surface area contributed by atoms with Crippen molar-refractivity contribution in [2.24, 2.45) is 17.8 Å². The van der Waals surface area contributed by atoms with Gasteiger partial charge in [-0.25, -0.2) is 4.98 Å². The van der Waals surface area contributed by atoms with Gasteiger partial charge >= 0.3 is 0 Å². The lowest BCUT2D eigenvalue weighted by Gasteiger charge is -2.56. The van der Waals surface area contributed by atoms with Gasteiger partial charge in [-0.1, -0.05) is 0 Å². The van der Waals surface area contributed by atoms with Gasteiger partial charge in [-0.15, -0.1) is 0 Å². The van der Waals surface area contributed by atoms with Gasteiger partial charge in [-0.3, -0.25) is 0 Å². The monoisotopic (exact) mass is 216 g/mol. The summed E-state index contributed by atoms with van der Waals surface area (Å²) < 4.78 is 0. The van der Waals surface area contributed by atoms with Crippen molar-refractivity contribution in [2.75, 3.05) is 0 Å². The minimum Gasteiger partial charge on any atom is -0.348 e. The molecule has 4 saturated carbocycles. The molecular weight excluding hydrogens is 196 g/mol. The Morgan fingerprint density at radius 2 is 1.69 bits per heavy atom. The first kappa shape index (κ1) is 9.26. The van der Waals surface area contributed by atoms with E-state index in [1.54, 1.807) is 0 Å². The van der Waals surface area contributed by atoms with Crippen LogP contribution >= 0.6 is 0 Å². The Balaban J connectivity index is 1.79. The number of aromatic amines is 1. The molecule has 2 heteroatoms. The molecule has 0 saturated heterocycles. The van der Waals surface area contributed by atoms with Crippen molar-refractivity contribution in [3.63, 3.8) is 0 Å². The van der Waals surface area contributed by atoms with Crippen LogP contribution in [-0.4, -0.2) is 9.97 Å². The number of aryl methyl sites for hydroxylation is 1. The second-order valence-electron chi connectivity index (χ2n) is 6.57. The molecule has 4 aliphatic carbocycles. The molecule has 0 amide bonds. The number of nitrogens with one attached hydrogen (secondary N) is 1. The van der Waals surface area contributed by atoms with Crippen LogP contribution in [0.2, 0.25) is 0 Å². The van der Waals surface area contributed by atoms with Crippen molar-refractivity contribution in [2.45, 2.75) is 50.9 Å². The Morgan fingerprint density at radius 1 is 1.12 bits per heavy atom. The molecule has 0 atom stereocenters. The van der Waals surface area contributed by atoms with Gasteiger partial charge in [0, 0.05) is 11.1 Å². The molecule has 1 N–H and O–H groups in total. The number of hydrogen-bond acceptors (Lipinski definition) is 1. The summed E-state index contributed by atoms with van der Waals surface area (Å²) in [7, 11) is 0. The van der Waals surface area contributed by atoms with E-state index in [4.69, 9.17) is 0 Å². The van der Waals surface area contributed by atoms with E-state index in [1.165, 1.54) is 49.9 Å². The number of aromatic nitrogens is 2. The first-order chi connectivity index (χ1) is 7.75. The van der Waals surface area contributed by atoms with Gasteiger partial charge < -0.3 is 4.98 Å². The summed E-state index contributed by atoms with van der Waals surface area (Å²) in [5.74, 6) is 3.05. The topological polar surface area (TPSA) is 28.7 Å². The largest absolute Gasteiger partial charge is 0.348 e. The van der Waals surface area contributed by atoms with E-state index in [-0.39, 0.29) is 0 Å². The van der Waals surface area contributed by atoms with Crippen molar-refractivity contribution in [3.05, 3.63) is 17.7 Å². The third-order valence-corrected chi connectivity index (χ3v) is 5.37. The smallest absolute Gasteiger partial charge is 0.0925 e. The van der Waals surface area contributed by atoms with Crippen molar-refractivity contribution < 1.29 is 0 Å². The molecule has 86 valence electrons. The molecule has 1 aromatic rings. The fraction of sp³-hybridized carbons (Fsp3) is 0.786. The van der Waals surface area contributed by atoms with Crippen LogP contribution in [0.3, 0.4) is 0 Å². The quantitative estimate of drug-likeness (QED) is 0.767. The van der Waals surface area contributed by atoms with Crippen LogP contribution in [-0.2, 0) is 5.41 Å².